The Hall–Kier alpha value is -2.51. The van der Waals surface area contributed by atoms with Gasteiger partial charge >= 0.3 is 5.97 Å². The zero-order chi connectivity index (χ0) is 19.0. The highest BCUT2D eigenvalue weighted by atomic mass is 32.2. The average molecular weight is 384 g/mol. The molecule has 1 fully saturated rings. The van der Waals surface area contributed by atoms with Crippen LogP contribution in [0.15, 0.2) is 47.4 Å². The van der Waals surface area contributed by atoms with Crippen LogP contribution >= 0.6 is 0 Å². The summed E-state index contributed by atoms with van der Waals surface area (Å²) in [6.07, 6.45) is 2.08. The van der Waals surface area contributed by atoms with Crippen LogP contribution in [0.3, 0.4) is 0 Å². The smallest absolute Gasteiger partial charge is 0.337 e. The van der Waals surface area contributed by atoms with Gasteiger partial charge in [0.15, 0.2) is 10.8 Å². The third-order valence-corrected chi connectivity index (χ3v) is 6.29. The Morgan fingerprint density at radius 2 is 1.70 bits per heavy atom. The molecule has 0 bridgehead atoms. The molecular weight excluding hydrogens is 364 g/mol. The zero-order valence-corrected chi connectivity index (χ0v) is 15.8. The summed E-state index contributed by atoms with van der Waals surface area (Å²) in [6, 6.07) is 12.4. The molecule has 0 saturated carbocycles. The fourth-order valence-electron chi connectivity index (χ4n) is 3.52. The highest BCUT2D eigenvalue weighted by Crippen LogP contribution is 2.39. The van der Waals surface area contributed by atoms with E-state index < -0.39 is 17.1 Å². The first-order chi connectivity index (χ1) is 13.1. The van der Waals surface area contributed by atoms with Gasteiger partial charge in [0.2, 0.25) is 0 Å². The van der Waals surface area contributed by atoms with Crippen LogP contribution in [0.4, 0.5) is 11.4 Å². The van der Waals surface area contributed by atoms with Crippen molar-refractivity contribution < 1.29 is 18.9 Å². The predicted octanol–water partition coefficient (Wildman–Crippen LogP) is 2.93. The van der Waals surface area contributed by atoms with E-state index in [4.69, 9.17) is 4.74 Å². The number of rotatable bonds is 3. The molecular formula is C20H20N2O4S. The Morgan fingerprint density at radius 3 is 2.37 bits per heavy atom. The van der Waals surface area contributed by atoms with Crippen LogP contribution in [-0.2, 0) is 15.9 Å². The topological polar surface area (TPSA) is 72.9 Å². The Kier molecular flexibility index (Phi) is 4.80. The van der Waals surface area contributed by atoms with Crippen molar-refractivity contribution in [2.45, 2.75) is 17.7 Å². The van der Waals surface area contributed by atoms with Crippen molar-refractivity contribution in [2.24, 2.45) is 0 Å². The van der Waals surface area contributed by atoms with Gasteiger partial charge in [0, 0.05) is 41.6 Å². The van der Waals surface area contributed by atoms with Gasteiger partial charge in [-0.15, -0.1) is 0 Å². The normalized spacial score (nSPS) is 18.5. The van der Waals surface area contributed by atoms with Crippen molar-refractivity contribution in [1.29, 1.82) is 0 Å². The van der Waals surface area contributed by atoms with E-state index in [0.717, 1.165) is 37.3 Å². The van der Waals surface area contributed by atoms with Crippen LogP contribution in [0.1, 0.15) is 33.6 Å². The van der Waals surface area contributed by atoms with Crippen LogP contribution in [-0.4, -0.2) is 47.4 Å². The molecule has 1 atom stereocenters. The molecule has 2 aromatic carbocycles. The molecule has 7 heteroatoms. The van der Waals surface area contributed by atoms with Gasteiger partial charge in [0.25, 0.3) is 5.91 Å². The molecule has 1 saturated heterocycles. The minimum absolute atomic E-state index is 0.00757. The van der Waals surface area contributed by atoms with E-state index in [1.54, 1.807) is 24.3 Å². The Labute approximate surface area is 160 Å². The van der Waals surface area contributed by atoms with Gasteiger partial charge in [-0.05, 0) is 49.2 Å². The zero-order valence-electron chi connectivity index (χ0n) is 15.0. The second-order valence-electron chi connectivity index (χ2n) is 6.62. The second-order valence-corrected chi connectivity index (χ2v) is 8.01. The summed E-state index contributed by atoms with van der Waals surface area (Å²) in [5.41, 5.74) is 2.73. The van der Waals surface area contributed by atoms with Crippen molar-refractivity contribution in [3.63, 3.8) is 0 Å². The molecule has 2 aliphatic heterocycles. The number of benzene rings is 2. The van der Waals surface area contributed by atoms with Crippen molar-refractivity contribution >= 4 is 34.4 Å². The van der Waals surface area contributed by atoms with Crippen LogP contribution in [0.25, 0.3) is 0 Å². The number of carbonyl (C=O) groups excluding carboxylic acids is 2. The largest absolute Gasteiger partial charge is 0.610 e. The van der Waals surface area contributed by atoms with Crippen LogP contribution < -0.4 is 4.90 Å². The van der Waals surface area contributed by atoms with E-state index in [1.807, 2.05) is 28.0 Å². The maximum absolute atomic E-state index is 12.6. The van der Waals surface area contributed by atoms with Gasteiger partial charge in [0.1, 0.15) is 5.69 Å². The lowest BCUT2D eigenvalue weighted by atomic mass is 10.1. The van der Waals surface area contributed by atoms with Crippen molar-refractivity contribution in [3.8, 4) is 0 Å². The summed E-state index contributed by atoms with van der Waals surface area (Å²) in [7, 11) is 1.34. The molecule has 2 aromatic rings. The molecule has 0 aromatic heterocycles. The summed E-state index contributed by atoms with van der Waals surface area (Å²) in [5.74, 6) is -0.0564. The van der Waals surface area contributed by atoms with Crippen molar-refractivity contribution in [3.05, 3.63) is 53.6 Å². The number of methoxy groups -OCH3 is 1. The van der Waals surface area contributed by atoms with Gasteiger partial charge in [-0.25, -0.2) is 4.79 Å². The first-order valence-corrected chi connectivity index (χ1v) is 10.2. The van der Waals surface area contributed by atoms with Crippen LogP contribution in [0, 0.1) is 0 Å². The van der Waals surface area contributed by atoms with Gasteiger partial charge in [0.05, 0.1) is 12.7 Å². The van der Waals surface area contributed by atoms with Crippen molar-refractivity contribution in [1.82, 2.24) is 4.90 Å². The first kappa shape index (κ1) is 17.9. The maximum atomic E-state index is 12.6. The molecule has 4 rings (SSSR count). The summed E-state index contributed by atoms with van der Waals surface area (Å²) in [4.78, 5) is 28.7. The van der Waals surface area contributed by atoms with E-state index in [2.05, 4.69) is 0 Å². The minimum atomic E-state index is -1.21. The van der Waals surface area contributed by atoms with E-state index in [0.29, 0.717) is 21.9 Å². The fraction of sp³-hybridized carbons (Fsp3) is 0.300. The van der Waals surface area contributed by atoms with E-state index in [-0.39, 0.29) is 5.91 Å². The number of esters is 1. The summed E-state index contributed by atoms with van der Waals surface area (Å²) in [6.45, 7) is 1.58. The number of likely N-dealkylation sites (tertiary alicyclic amines) is 1. The number of hydrogen-bond donors (Lipinski definition) is 0. The van der Waals surface area contributed by atoms with Gasteiger partial charge in [-0.3, -0.25) is 9.69 Å². The molecule has 0 aliphatic carbocycles. The maximum Gasteiger partial charge on any atom is 0.337 e. The average Bonchev–Trinajstić information content (AvgIpc) is 3.35. The molecule has 6 nitrogen and oxygen atoms in total. The SMILES string of the molecule is COC(=O)c1ccc(N2C[S+]([O-])c3cc(C(=O)N4CCCC4)ccc32)cc1. The molecule has 0 radical (unpaired) electrons. The third-order valence-electron chi connectivity index (χ3n) is 4.98. The standard InChI is InChI=1S/C20H20N2O4S/c1-26-20(24)14-4-7-16(8-5-14)22-13-27(25)18-12-15(6-9-17(18)22)19(23)21-10-2-3-11-21/h4-9,12H,2-3,10-11,13H2,1H3. The Balaban J connectivity index is 1.61. The molecule has 0 spiro atoms. The van der Waals surface area contributed by atoms with Gasteiger partial charge in [-0.1, -0.05) is 0 Å². The summed E-state index contributed by atoms with van der Waals surface area (Å²) in [5, 5.41) is 0. The van der Waals surface area contributed by atoms with Gasteiger partial charge in [-0.2, -0.15) is 0 Å². The Morgan fingerprint density at radius 1 is 1.04 bits per heavy atom. The molecule has 140 valence electrons. The molecule has 0 N–H and O–H groups in total. The first-order valence-electron chi connectivity index (χ1n) is 8.86. The lowest BCUT2D eigenvalue weighted by Crippen LogP contribution is -2.27. The quantitative estimate of drug-likeness (QED) is 0.601. The molecule has 27 heavy (non-hydrogen) atoms. The highest BCUT2D eigenvalue weighted by molar-refractivity contribution is 7.92. The molecule has 1 unspecified atom stereocenters. The number of hydrogen-bond acceptors (Lipinski definition) is 5. The lowest BCUT2D eigenvalue weighted by Gasteiger charge is -2.17. The highest BCUT2D eigenvalue weighted by Gasteiger charge is 2.34. The number of anilines is 2. The fourth-order valence-corrected chi connectivity index (χ4v) is 4.85. The molecule has 2 heterocycles. The van der Waals surface area contributed by atoms with Crippen LogP contribution in [0.5, 0.6) is 0 Å². The Bertz CT molecular complexity index is 878. The molecule has 1 amide bonds. The lowest BCUT2D eigenvalue weighted by molar-refractivity contribution is 0.0600. The van der Waals surface area contributed by atoms with Crippen molar-refractivity contribution in [2.75, 3.05) is 31.0 Å². The summed E-state index contributed by atoms with van der Waals surface area (Å²) >= 11 is -1.21. The number of carbonyl (C=O) groups is 2. The number of ether oxygens (including phenoxy) is 1. The third kappa shape index (κ3) is 3.28. The minimum Gasteiger partial charge on any atom is -0.610 e. The summed E-state index contributed by atoms with van der Waals surface area (Å²) < 4.78 is 17.4. The molecule has 2 aliphatic rings. The van der Waals surface area contributed by atoms with Gasteiger partial charge < -0.3 is 14.2 Å². The monoisotopic (exact) mass is 384 g/mol. The van der Waals surface area contributed by atoms with E-state index in [9.17, 15) is 14.1 Å². The number of nitrogens with zero attached hydrogens (tertiary/aromatic N) is 2. The predicted molar refractivity (Wildman–Crippen MR) is 103 cm³/mol. The van der Waals surface area contributed by atoms with E-state index >= 15 is 0 Å². The van der Waals surface area contributed by atoms with Crippen LogP contribution in [0.2, 0.25) is 0 Å². The number of amides is 1. The number of fused-ring (bicyclic) bond motifs is 1. The second kappa shape index (κ2) is 7.25. The van der Waals surface area contributed by atoms with E-state index in [1.165, 1.54) is 7.11 Å².